The molecule has 1 heterocycles. The Kier molecular flexibility index (Phi) is 8.40. The smallest absolute Gasteiger partial charge is 0.293 e. The van der Waals surface area contributed by atoms with Gasteiger partial charge in [0.05, 0.1) is 18.1 Å². The van der Waals surface area contributed by atoms with Crippen LogP contribution in [-0.2, 0) is 16.1 Å². The fraction of sp³-hybridized carbons (Fsp3) is 0.182. The molecule has 1 fully saturated rings. The molecule has 0 aliphatic carbocycles. The van der Waals surface area contributed by atoms with Crippen LogP contribution in [0.25, 0.3) is 16.8 Å². The standard InChI is InChI=1S/C33H30N2O5S/c1-4-39-29-17-23(12-14-28(29)40-20-31(36)34-27-15-21(2)9-10-22(27)3)18-30-32(37)35(33(38)41-30)19-24-11-13-25-7-5-6-8-26(25)16-24/h5-18H,4,19-20H2,1-3H3,(H,34,36)/b30-18-. The van der Waals surface area contributed by atoms with Crippen LogP contribution in [0.5, 0.6) is 11.5 Å². The Balaban J connectivity index is 1.27. The highest BCUT2D eigenvalue weighted by molar-refractivity contribution is 8.18. The highest BCUT2D eigenvalue weighted by Crippen LogP contribution is 2.35. The summed E-state index contributed by atoms with van der Waals surface area (Å²) in [6.07, 6.45) is 1.67. The Hall–Kier alpha value is -4.56. The molecule has 4 aromatic carbocycles. The zero-order chi connectivity index (χ0) is 28.9. The fourth-order valence-corrected chi connectivity index (χ4v) is 5.35. The summed E-state index contributed by atoms with van der Waals surface area (Å²) in [5, 5.41) is 4.73. The van der Waals surface area contributed by atoms with Gasteiger partial charge >= 0.3 is 0 Å². The van der Waals surface area contributed by atoms with E-state index in [4.69, 9.17) is 9.47 Å². The lowest BCUT2D eigenvalue weighted by Crippen LogP contribution is -2.27. The normalized spacial score (nSPS) is 14.1. The van der Waals surface area contributed by atoms with Gasteiger partial charge < -0.3 is 14.8 Å². The van der Waals surface area contributed by atoms with Gasteiger partial charge in [-0.25, -0.2) is 0 Å². The van der Waals surface area contributed by atoms with E-state index < -0.39 is 0 Å². The number of imide groups is 1. The van der Waals surface area contributed by atoms with Crippen LogP contribution in [0.4, 0.5) is 10.5 Å². The van der Waals surface area contributed by atoms with E-state index in [1.54, 1.807) is 24.3 Å². The van der Waals surface area contributed by atoms with Crippen LogP contribution < -0.4 is 14.8 Å². The lowest BCUT2D eigenvalue weighted by atomic mass is 10.1. The summed E-state index contributed by atoms with van der Waals surface area (Å²) in [5.41, 5.74) is 4.32. The average Bonchev–Trinajstić information content (AvgIpc) is 3.22. The molecule has 0 bridgehead atoms. The quantitative estimate of drug-likeness (QED) is 0.217. The van der Waals surface area contributed by atoms with Gasteiger partial charge in [0.1, 0.15) is 0 Å². The SMILES string of the molecule is CCOc1cc(/C=C2\SC(=O)N(Cc3ccc4ccccc4c3)C2=O)ccc1OCC(=O)Nc1cc(C)ccc1C. The maximum atomic E-state index is 13.2. The Labute approximate surface area is 243 Å². The van der Waals surface area contributed by atoms with Gasteiger partial charge in [0.2, 0.25) is 0 Å². The van der Waals surface area contributed by atoms with Crippen molar-refractivity contribution in [1.29, 1.82) is 0 Å². The molecule has 41 heavy (non-hydrogen) atoms. The van der Waals surface area contributed by atoms with Gasteiger partial charge in [0.15, 0.2) is 18.1 Å². The lowest BCUT2D eigenvalue weighted by molar-refractivity contribution is -0.123. The summed E-state index contributed by atoms with van der Waals surface area (Å²) < 4.78 is 11.5. The van der Waals surface area contributed by atoms with Gasteiger partial charge in [-0.05, 0) is 95.9 Å². The molecular weight excluding hydrogens is 536 g/mol. The zero-order valence-corrected chi connectivity index (χ0v) is 23.9. The monoisotopic (exact) mass is 566 g/mol. The summed E-state index contributed by atoms with van der Waals surface area (Å²) in [7, 11) is 0. The Morgan fingerprint density at radius 1 is 0.902 bits per heavy atom. The number of fused-ring (bicyclic) bond motifs is 1. The van der Waals surface area contributed by atoms with E-state index >= 15 is 0 Å². The number of carbonyl (C=O) groups excluding carboxylic acids is 3. The molecule has 1 aliphatic heterocycles. The largest absolute Gasteiger partial charge is 0.490 e. The third-order valence-electron chi connectivity index (χ3n) is 6.62. The van der Waals surface area contributed by atoms with Gasteiger partial charge in [0, 0.05) is 5.69 Å². The van der Waals surface area contributed by atoms with Crippen molar-refractivity contribution in [1.82, 2.24) is 4.90 Å². The molecule has 0 unspecified atom stereocenters. The molecule has 1 N–H and O–H groups in total. The molecule has 0 aromatic heterocycles. The van der Waals surface area contributed by atoms with E-state index in [-0.39, 0.29) is 30.2 Å². The number of ether oxygens (including phenoxy) is 2. The number of benzene rings is 4. The molecule has 1 aliphatic rings. The second kappa shape index (κ2) is 12.3. The van der Waals surface area contributed by atoms with Crippen LogP contribution in [0.3, 0.4) is 0 Å². The van der Waals surface area contributed by atoms with Crippen molar-refractivity contribution >= 4 is 51.4 Å². The molecule has 5 rings (SSSR count). The lowest BCUT2D eigenvalue weighted by Gasteiger charge is -2.14. The Morgan fingerprint density at radius 3 is 2.51 bits per heavy atom. The van der Waals surface area contributed by atoms with Crippen molar-refractivity contribution in [2.24, 2.45) is 0 Å². The van der Waals surface area contributed by atoms with Gasteiger partial charge in [-0.2, -0.15) is 0 Å². The van der Waals surface area contributed by atoms with Crippen molar-refractivity contribution in [3.8, 4) is 11.5 Å². The molecule has 3 amide bonds. The predicted molar refractivity (Wildman–Crippen MR) is 163 cm³/mol. The molecule has 0 atom stereocenters. The Bertz CT molecular complexity index is 1680. The first-order valence-corrected chi connectivity index (χ1v) is 14.1. The summed E-state index contributed by atoms with van der Waals surface area (Å²) >= 11 is 0.914. The van der Waals surface area contributed by atoms with Crippen LogP contribution in [0.15, 0.2) is 83.8 Å². The third kappa shape index (κ3) is 6.61. The number of anilines is 1. The van der Waals surface area contributed by atoms with Gasteiger partial charge in [0.25, 0.3) is 17.1 Å². The number of hydrogen-bond acceptors (Lipinski definition) is 6. The van der Waals surface area contributed by atoms with Crippen LogP contribution in [0, 0.1) is 13.8 Å². The van der Waals surface area contributed by atoms with E-state index in [9.17, 15) is 14.4 Å². The highest BCUT2D eigenvalue weighted by Gasteiger charge is 2.35. The number of thioether (sulfide) groups is 1. The molecule has 8 heteroatoms. The first-order chi connectivity index (χ1) is 19.8. The summed E-state index contributed by atoms with van der Waals surface area (Å²) in [4.78, 5) is 40.0. The Morgan fingerprint density at radius 2 is 1.71 bits per heavy atom. The minimum atomic E-state index is -0.338. The zero-order valence-electron chi connectivity index (χ0n) is 23.1. The maximum Gasteiger partial charge on any atom is 0.293 e. The van der Waals surface area contributed by atoms with Crippen LogP contribution in [0.1, 0.15) is 29.2 Å². The van der Waals surface area contributed by atoms with Crippen LogP contribution >= 0.6 is 11.8 Å². The summed E-state index contributed by atoms with van der Waals surface area (Å²) in [6.45, 7) is 6.14. The van der Waals surface area contributed by atoms with E-state index in [1.165, 1.54) is 4.90 Å². The fourth-order valence-electron chi connectivity index (χ4n) is 4.51. The second-order valence-corrected chi connectivity index (χ2v) is 10.7. The number of amides is 3. The minimum Gasteiger partial charge on any atom is -0.490 e. The summed E-state index contributed by atoms with van der Waals surface area (Å²) in [5.74, 6) is 0.223. The highest BCUT2D eigenvalue weighted by atomic mass is 32.2. The predicted octanol–water partition coefficient (Wildman–Crippen LogP) is 7.11. The van der Waals surface area contributed by atoms with E-state index in [1.807, 2.05) is 81.4 Å². The number of nitrogens with zero attached hydrogens (tertiary/aromatic N) is 1. The van der Waals surface area contributed by atoms with Crippen molar-refractivity contribution in [2.75, 3.05) is 18.5 Å². The van der Waals surface area contributed by atoms with E-state index in [0.717, 1.165) is 44.9 Å². The number of hydrogen-bond donors (Lipinski definition) is 1. The molecule has 0 spiro atoms. The second-order valence-electron chi connectivity index (χ2n) is 9.74. The molecule has 4 aromatic rings. The summed E-state index contributed by atoms with van der Waals surface area (Å²) in [6, 6.07) is 24.9. The van der Waals surface area contributed by atoms with Crippen molar-refractivity contribution in [3.63, 3.8) is 0 Å². The van der Waals surface area contributed by atoms with Gasteiger partial charge in [-0.15, -0.1) is 0 Å². The maximum absolute atomic E-state index is 13.2. The molecular formula is C33H30N2O5S. The number of aryl methyl sites for hydroxylation is 2. The minimum absolute atomic E-state index is 0.194. The van der Waals surface area contributed by atoms with Crippen LogP contribution in [0.2, 0.25) is 0 Å². The topological polar surface area (TPSA) is 84.9 Å². The molecule has 0 radical (unpaired) electrons. The average molecular weight is 567 g/mol. The molecule has 7 nitrogen and oxygen atoms in total. The first-order valence-electron chi connectivity index (χ1n) is 13.3. The molecule has 1 saturated heterocycles. The van der Waals surface area contributed by atoms with Gasteiger partial charge in [-0.1, -0.05) is 54.6 Å². The van der Waals surface area contributed by atoms with Crippen LogP contribution in [-0.4, -0.2) is 35.2 Å². The first kappa shape index (κ1) is 28.0. The third-order valence-corrected chi connectivity index (χ3v) is 7.53. The number of rotatable bonds is 9. The van der Waals surface area contributed by atoms with E-state index in [0.29, 0.717) is 28.6 Å². The van der Waals surface area contributed by atoms with Crippen molar-refractivity contribution in [3.05, 3.63) is 106 Å². The molecule has 0 saturated carbocycles. The van der Waals surface area contributed by atoms with E-state index in [2.05, 4.69) is 5.32 Å². The van der Waals surface area contributed by atoms with Crippen molar-refractivity contribution in [2.45, 2.75) is 27.3 Å². The van der Waals surface area contributed by atoms with Gasteiger partial charge in [-0.3, -0.25) is 19.3 Å². The number of nitrogens with one attached hydrogen (secondary N) is 1. The molecule has 208 valence electrons. The number of carbonyl (C=O) groups is 3. The van der Waals surface area contributed by atoms with Crippen molar-refractivity contribution < 1.29 is 23.9 Å².